The molecule has 200 valence electrons. The highest BCUT2D eigenvalue weighted by atomic mass is 16.3. The fraction of sp³-hybridized carbons (Fsp3) is 0.364. The highest BCUT2D eigenvalue weighted by Gasteiger charge is 2.28. The largest absolute Gasteiger partial charge is 0.399 e. The van der Waals surface area contributed by atoms with Crippen molar-refractivity contribution < 1.29 is 9.90 Å². The minimum atomic E-state index is -0.124. The van der Waals surface area contributed by atoms with Crippen LogP contribution in [0.5, 0.6) is 0 Å². The summed E-state index contributed by atoms with van der Waals surface area (Å²) in [5.41, 5.74) is 18.0. The van der Waals surface area contributed by atoms with E-state index in [0.29, 0.717) is 30.1 Å². The number of hydrogen-bond donors (Lipinski definition) is 4. The van der Waals surface area contributed by atoms with Gasteiger partial charge in [-0.15, -0.1) is 0 Å². The second-order valence-corrected chi connectivity index (χ2v) is 10.7. The molecule has 0 bridgehead atoms. The van der Waals surface area contributed by atoms with Crippen LogP contribution >= 0.6 is 0 Å². The number of nitrogens with two attached hydrogens (primary N) is 2. The molecule has 0 aromatic heterocycles. The summed E-state index contributed by atoms with van der Waals surface area (Å²) in [4.78, 5) is 13.4. The number of carbonyl (C=O) groups excluding carboxylic acids is 1. The number of amides is 1. The van der Waals surface area contributed by atoms with Crippen LogP contribution in [0.1, 0.15) is 65.6 Å². The van der Waals surface area contributed by atoms with Crippen molar-refractivity contribution in [3.05, 3.63) is 102 Å². The van der Waals surface area contributed by atoms with E-state index in [1.54, 1.807) is 0 Å². The van der Waals surface area contributed by atoms with Gasteiger partial charge < -0.3 is 21.9 Å². The summed E-state index contributed by atoms with van der Waals surface area (Å²) in [5.74, 6) is 0.367. The van der Waals surface area contributed by atoms with Gasteiger partial charge in [0.05, 0.1) is 0 Å². The third-order valence-corrected chi connectivity index (χ3v) is 7.87. The summed E-state index contributed by atoms with van der Waals surface area (Å²) in [5, 5.41) is 13.8. The predicted molar refractivity (Wildman–Crippen MR) is 156 cm³/mol. The molecule has 0 heterocycles. The van der Waals surface area contributed by atoms with Crippen molar-refractivity contribution in [3.63, 3.8) is 0 Å². The maximum atomic E-state index is 13.4. The molecule has 1 aliphatic carbocycles. The normalized spacial score (nSPS) is 15.5. The van der Waals surface area contributed by atoms with Crippen LogP contribution in [-0.4, -0.2) is 23.7 Å². The van der Waals surface area contributed by atoms with Crippen molar-refractivity contribution >= 4 is 11.6 Å². The lowest BCUT2D eigenvalue weighted by molar-refractivity contribution is 0.0882. The van der Waals surface area contributed by atoms with Gasteiger partial charge in [0.1, 0.15) is 0 Å². The lowest BCUT2D eigenvalue weighted by Gasteiger charge is -2.32. The van der Waals surface area contributed by atoms with Crippen LogP contribution in [0.4, 0.5) is 0 Å². The molecule has 1 amide bonds. The smallest absolute Gasteiger partial charge is 0.251 e. The van der Waals surface area contributed by atoms with Gasteiger partial charge in [-0.3, -0.25) is 4.79 Å². The summed E-state index contributed by atoms with van der Waals surface area (Å²) in [6.45, 7) is 4.35. The van der Waals surface area contributed by atoms with Gasteiger partial charge >= 0.3 is 0 Å². The molecule has 2 unspecified atom stereocenters. The van der Waals surface area contributed by atoms with Gasteiger partial charge in [0.15, 0.2) is 0 Å². The van der Waals surface area contributed by atoms with Crippen LogP contribution in [0, 0.1) is 11.8 Å². The highest BCUT2D eigenvalue weighted by molar-refractivity contribution is 5.95. The molecule has 3 aromatic rings. The van der Waals surface area contributed by atoms with Gasteiger partial charge in [-0.1, -0.05) is 87.2 Å². The number of benzene rings is 3. The SMILES string of the molecule is C=C(N)c1cccc(CC(CO)C(CC2CCCCC2)NC(=O)c2ccc(-c3cccc(CN)c3)cc2)c1. The Kier molecular flexibility index (Phi) is 9.74. The minimum absolute atomic E-state index is 0.00187. The first kappa shape index (κ1) is 27.6. The van der Waals surface area contributed by atoms with Crippen molar-refractivity contribution in [1.82, 2.24) is 5.32 Å². The third-order valence-electron chi connectivity index (χ3n) is 7.87. The summed E-state index contributed by atoms with van der Waals surface area (Å²) in [6.07, 6.45) is 7.67. The maximum Gasteiger partial charge on any atom is 0.251 e. The quantitative estimate of drug-likeness (QED) is 0.267. The standard InChI is InChI=1S/C33H41N3O2/c1-23(35)29-11-5-9-25(17-29)18-31(22-37)32(20-24-7-3-2-4-8-24)36-33(38)28-15-13-27(14-16-28)30-12-6-10-26(19-30)21-34/h5-6,9-17,19,24,31-32,37H,1-4,7-8,18,20-22,34-35H2,(H,36,38). The summed E-state index contributed by atoms with van der Waals surface area (Å²) < 4.78 is 0. The summed E-state index contributed by atoms with van der Waals surface area (Å²) in [6, 6.07) is 23.7. The number of carbonyl (C=O) groups is 1. The molecule has 0 spiro atoms. The first-order valence-electron chi connectivity index (χ1n) is 13.8. The molecule has 5 heteroatoms. The predicted octanol–water partition coefficient (Wildman–Crippen LogP) is 5.66. The van der Waals surface area contributed by atoms with Gasteiger partial charge in [-0.2, -0.15) is 0 Å². The molecular weight excluding hydrogens is 470 g/mol. The van der Waals surface area contributed by atoms with Crippen LogP contribution in [-0.2, 0) is 13.0 Å². The number of aliphatic hydroxyl groups is 1. The Labute approximate surface area is 227 Å². The van der Waals surface area contributed by atoms with Gasteiger partial charge in [-0.05, 0) is 70.8 Å². The van der Waals surface area contributed by atoms with Crippen molar-refractivity contribution in [2.45, 2.75) is 57.5 Å². The molecule has 38 heavy (non-hydrogen) atoms. The molecular formula is C33H41N3O2. The summed E-state index contributed by atoms with van der Waals surface area (Å²) >= 11 is 0. The monoisotopic (exact) mass is 511 g/mol. The van der Waals surface area contributed by atoms with Gasteiger partial charge in [0.25, 0.3) is 5.91 Å². The number of aliphatic hydroxyl groups excluding tert-OH is 1. The molecule has 6 N–H and O–H groups in total. The van der Waals surface area contributed by atoms with E-state index in [2.05, 4.69) is 24.0 Å². The molecule has 0 aliphatic heterocycles. The fourth-order valence-electron chi connectivity index (χ4n) is 5.63. The molecule has 0 saturated heterocycles. The Balaban J connectivity index is 1.51. The van der Waals surface area contributed by atoms with E-state index < -0.39 is 0 Å². The molecule has 3 aromatic carbocycles. The molecule has 1 fully saturated rings. The van der Waals surface area contributed by atoms with Crippen molar-refractivity contribution in [2.24, 2.45) is 23.3 Å². The molecule has 1 aliphatic rings. The topological polar surface area (TPSA) is 101 Å². The molecule has 4 rings (SSSR count). The zero-order valence-electron chi connectivity index (χ0n) is 22.2. The van der Waals surface area contributed by atoms with E-state index in [0.717, 1.165) is 34.2 Å². The van der Waals surface area contributed by atoms with Crippen LogP contribution in [0.3, 0.4) is 0 Å². The first-order chi connectivity index (χ1) is 18.5. The van der Waals surface area contributed by atoms with Crippen LogP contribution in [0.25, 0.3) is 16.8 Å². The Morgan fingerprint density at radius 3 is 2.32 bits per heavy atom. The lowest BCUT2D eigenvalue weighted by Crippen LogP contribution is -2.44. The number of nitrogens with one attached hydrogen (secondary N) is 1. The molecule has 2 atom stereocenters. The second kappa shape index (κ2) is 13.4. The molecule has 0 radical (unpaired) electrons. The number of hydrogen-bond acceptors (Lipinski definition) is 4. The zero-order chi connectivity index (χ0) is 26.9. The zero-order valence-corrected chi connectivity index (χ0v) is 22.2. The third kappa shape index (κ3) is 7.33. The highest BCUT2D eigenvalue weighted by Crippen LogP contribution is 2.30. The average molecular weight is 512 g/mol. The minimum Gasteiger partial charge on any atom is -0.399 e. The second-order valence-electron chi connectivity index (χ2n) is 10.7. The fourth-order valence-corrected chi connectivity index (χ4v) is 5.63. The summed E-state index contributed by atoms with van der Waals surface area (Å²) in [7, 11) is 0. The van der Waals surface area contributed by atoms with Crippen molar-refractivity contribution in [1.29, 1.82) is 0 Å². The molecule has 5 nitrogen and oxygen atoms in total. The van der Waals surface area contributed by atoms with E-state index in [1.165, 1.54) is 32.1 Å². The van der Waals surface area contributed by atoms with Crippen molar-refractivity contribution in [2.75, 3.05) is 6.61 Å². The maximum absolute atomic E-state index is 13.4. The Bertz CT molecular complexity index is 1210. The van der Waals surface area contributed by atoms with Gasteiger partial charge in [0.2, 0.25) is 0 Å². The number of rotatable bonds is 11. The molecule has 1 saturated carbocycles. The van der Waals surface area contributed by atoms with Gasteiger partial charge in [-0.25, -0.2) is 0 Å². The Morgan fingerprint density at radius 2 is 1.63 bits per heavy atom. The van der Waals surface area contributed by atoms with E-state index in [-0.39, 0.29) is 24.5 Å². The average Bonchev–Trinajstić information content (AvgIpc) is 2.96. The van der Waals surface area contributed by atoms with Crippen LogP contribution < -0.4 is 16.8 Å². The van der Waals surface area contributed by atoms with E-state index in [4.69, 9.17) is 11.5 Å². The van der Waals surface area contributed by atoms with Crippen LogP contribution in [0.2, 0.25) is 0 Å². The van der Waals surface area contributed by atoms with E-state index >= 15 is 0 Å². The van der Waals surface area contributed by atoms with E-state index in [9.17, 15) is 9.90 Å². The van der Waals surface area contributed by atoms with Crippen LogP contribution in [0.15, 0.2) is 79.4 Å². The lowest BCUT2D eigenvalue weighted by atomic mass is 9.80. The van der Waals surface area contributed by atoms with Gasteiger partial charge in [0, 0.05) is 36.4 Å². The Morgan fingerprint density at radius 1 is 0.921 bits per heavy atom. The van der Waals surface area contributed by atoms with Crippen molar-refractivity contribution in [3.8, 4) is 11.1 Å². The first-order valence-corrected chi connectivity index (χ1v) is 13.8. The Hall–Kier alpha value is -3.41. The van der Waals surface area contributed by atoms with E-state index in [1.807, 2.05) is 60.7 Å².